The van der Waals surface area contributed by atoms with Crippen molar-refractivity contribution in [3.63, 3.8) is 0 Å². The number of amidine groups is 1. The van der Waals surface area contributed by atoms with Crippen LogP contribution in [0.25, 0.3) is 0 Å². The number of hydrogen-bond acceptors (Lipinski definition) is 3. The van der Waals surface area contributed by atoms with Crippen molar-refractivity contribution in [2.75, 3.05) is 0 Å². The van der Waals surface area contributed by atoms with Gasteiger partial charge in [0.05, 0.1) is 5.69 Å². The van der Waals surface area contributed by atoms with Crippen LogP contribution in [0.15, 0.2) is 35.3 Å². The standard InChI is InChI=1S/C8H9N3O2/c9-7(12)8(11-13)10-6-4-2-1-3-5-6/h1-5,13H,(H2,9,12)(H,10,11). The molecule has 0 aromatic heterocycles. The number of hydroxylamine groups is 1. The van der Waals surface area contributed by atoms with Gasteiger partial charge in [-0.3, -0.25) is 10.0 Å². The van der Waals surface area contributed by atoms with Crippen LogP contribution >= 0.6 is 0 Å². The highest BCUT2D eigenvalue weighted by Gasteiger charge is 2.03. The molecule has 0 fully saturated rings. The molecular weight excluding hydrogens is 170 g/mol. The van der Waals surface area contributed by atoms with Crippen LogP contribution in [0.4, 0.5) is 5.69 Å². The van der Waals surface area contributed by atoms with Crippen LogP contribution in [0.5, 0.6) is 0 Å². The Balaban J connectivity index is 2.92. The second-order valence-electron chi connectivity index (χ2n) is 2.27. The van der Waals surface area contributed by atoms with Crippen molar-refractivity contribution in [1.29, 1.82) is 0 Å². The van der Waals surface area contributed by atoms with E-state index in [0.717, 1.165) is 0 Å². The number of rotatable bonds is 1. The minimum absolute atomic E-state index is 0.286. The third-order valence-corrected chi connectivity index (χ3v) is 1.34. The van der Waals surface area contributed by atoms with Crippen molar-refractivity contribution < 1.29 is 10.0 Å². The predicted octanol–water partition coefficient (Wildman–Crippen LogP) is 0.181. The maximum atomic E-state index is 10.6. The highest BCUT2D eigenvalue weighted by molar-refractivity contribution is 6.37. The quantitative estimate of drug-likeness (QED) is 0.326. The first kappa shape index (κ1) is 9.21. The lowest BCUT2D eigenvalue weighted by atomic mass is 10.3. The summed E-state index contributed by atoms with van der Waals surface area (Å²) < 4.78 is 0. The van der Waals surface area contributed by atoms with Gasteiger partial charge in [-0.1, -0.05) is 18.2 Å². The van der Waals surface area contributed by atoms with Gasteiger partial charge in [0.1, 0.15) is 0 Å². The van der Waals surface area contributed by atoms with E-state index in [0.29, 0.717) is 5.69 Å². The number of nitrogens with zero attached hydrogens (tertiary/aromatic N) is 1. The molecule has 0 bridgehead atoms. The van der Waals surface area contributed by atoms with Gasteiger partial charge in [-0.25, -0.2) is 10.5 Å². The maximum absolute atomic E-state index is 10.6. The summed E-state index contributed by atoms with van der Waals surface area (Å²) in [5.41, 5.74) is 7.07. The number of nitrogens with one attached hydrogen (secondary N) is 1. The monoisotopic (exact) mass is 179 g/mol. The number of amides is 1. The minimum atomic E-state index is -0.814. The van der Waals surface area contributed by atoms with Crippen LogP contribution in [-0.2, 0) is 4.79 Å². The molecule has 13 heavy (non-hydrogen) atoms. The van der Waals surface area contributed by atoms with Gasteiger partial charge in [-0.15, -0.1) is 0 Å². The molecule has 0 saturated heterocycles. The van der Waals surface area contributed by atoms with Crippen molar-refractivity contribution in [2.24, 2.45) is 10.7 Å². The maximum Gasteiger partial charge on any atom is 0.286 e. The molecule has 0 radical (unpaired) electrons. The fourth-order valence-corrected chi connectivity index (χ4v) is 0.767. The second kappa shape index (κ2) is 4.22. The molecule has 0 spiro atoms. The summed E-state index contributed by atoms with van der Waals surface area (Å²) in [6.07, 6.45) is 0. The normalized spacial score (nSPS) is 11.0. The smallest absolute Gasteiger partial charge is 0.286 e. The van der Waals surface area contributed by atoms with Crippen molar-refractivity contribution in [2.45, 2.75) is 0 Å². The Hall–Kier alpha value is -1.88. The fourth-order valence-electron chi connectivity index (χ4n) is 0.767. The molecule has 1 aromatic carbocycles. The molecule has 1 aromatic rings. The van der Waals surface area contributed by atoms with Crippen molar-refractivity contribution >= 4 is 17.4 Å². The summed E-state index contributed by atoms with van der Waals surface area (Å²) >= 11 is 0. The van der Waals surface area contributed by atoms with E-state index in [2.05, 4.69) is 4.99 Å². The number of hydrogen-bond donors (Lipinski definition) is 3. The molecular formula is C8H9N3O2. The largest absolute Gasteiger partial charge is 0.363 e. The summed E-state index contributed by atoms with van der Waals surface area (Å²) in [5, 5.41) is 8.48. The Morgan fingerprint density at radius 2 is 2.00 bits per heavy atom. The second-order valence-corrected chi connectivity index (χ2v) is 2.27. The molecule has 5 heteroatoms. The van der Waals surface area contributed by atoms with Crippen molar-refractivity contribution in [3.8, 4) is 0 Å². The Kier molecular flexibility index (Phi) is 2.99. The highest BCUT2D eigenvalue weighted by Crippen LogP contribution is 2.09. The molecule has 0 atom stereocenters. The summed E-state index contributed by atoms with van der Waals surface area (Å²) in [6.45, 7) is 0. The topological polar surface area (TPSA) is 87.7 Å². The molecule has 0 heterocycles. The first-order valence-corrected chi connectivity index (χ1v) is 3.57. The third kappa shape index (κ3) is 2.57. The molecule has 0 saturated carbocycles. The molecule has 1 amide bonds. The number of aliphatic imine (C=N–C) groups is 1. The summed E-state index contributed by atoms with van der Waals surface area (Å²) in [5.74, 6) is -1.10. The number of nitrogens with two attached hydrogens (primary N) is 1. The SMILES string of the molecule is NC(=O)C(=Nc1ccccc1)NO. The van der Waals surface area contributed by atoms with Crippen LogP contribution in [0.3, 0.4) is 0 Å². The number of primary amides is 1. The Morgan fingerprint density at radius 3 is 2.46 bits per heavy atom. The number of carbonyl (C=O) groups excluding carboxylic acids is 1. The van der Waals surface area contributed by atoms with E-state index in [1.807, 2.05) is 6.07 Å². The fraction of sp³-hybridized carbons (Fsp3) is 0. The van der Waals surface area contributed by atoms with Gasteiger partial charge in [0.25, 0.3) is 5.91 Å². The number of carbonyl (C=O) groups is 1. The van der Waals surface area contributed by atoms with E-state index in [1.54, 1.807) is 29.7 Å². The average Bonchev–Trinajstić information content (AvgIpc) is 2.15. The van der Waals surface area contributed by atoms with E-state index in [-0.39, 0.29) is 5.84 Å². The lowest BCUT2D eigenvalue weighted by Gasteiger charge is -1.98. The molecule has 5 nitrogen and oxygen atoms in total. The lowest BCUT2D eigenvalue weighted by Crippen LogP contribution is -2.33. The van der Waals surface area contributed by atoms with Gasteiger partial charge in [-0.2, -0.15) is 0 Å². The van der Waals surface area contributed by atoms with Crippen LogP contribution < -0.4 is 11.2 Å². The molecule has 0 unspecified atom stereocenters. The summed E-state index contributed by atoms with van der Waals surface area (Å²) in [7, 11) is 0. The number of para-hydroxylation sites is 1. The zero-order valence-electron chi connectivity index (χ0n) is 6.77. The molecule has 4 N–H and O–H groups in total. The van der Waals surface area contributed by atoms with E-state index < -0.39 is 5.91 Å². The Bertz CT molecular complexity index is 321. The first-order valence-electron chi connectivity index (χ1n) is 3.57. The Labute approximate surface area is 74.9 Å². The van der Waals surface area contributed by atoms with Crippen LogP contribution in [0.1, 0.15) is 0 Å². The summed E-state index contributed by atoms with van der Waals surface area (Å²) in [6, 6.07) is 8.69. The van der Waals surface area contributed by atoms with E-state index >= 15 is 0 Å². The van der Waals surface area contributed by atoms with Gasteiger partial charge in [0.15, 0.2) is 0 Å². The minimum Gasteiger partial charge on any atom is -0.363 e. The Morgan fingerprint density at radius 1 is 1.38 bits per heavy atom. The van der Waals surface area contributed by atoms with Gasteiger partial charge in [0.2, 0.25) is 5.84 Å². The molecule has 0 aliphatic carbocycles. The van der Waals surface area contributed by atoms with Crippen LogP contribution in [-0.4, -0.2) is 17.0 Å². The number of benzene rings is 1. The van der Waals surface area contributed by atoms with Gasteiger partial charge >= 0.3 is 0 Å². The predicted molar refractivity (Wildman–Crippen MR) is 47.7 cm³/mol. The van der Waals surface area contributed by atoms with Crippen molar-refractivity contribution in [3.05, 3.63) is 30.3 Å². The molecule has 68 valence electrons. The zero-order valence-corrected chi connectivity index (χ0v) is 6.77. The highest BCUT2D eigenvalue weighted by atomic mass is 16.5. The van der Waals surface area contributed by atoms with Gasteiger partial charge < -0.3 is 5.73 Å². The summed E-state index contributed by atoms with van der Waals surface area (Å²) in [4.78, 5) is 14.4. The molecule has 1 rings (SSSR count). The van der Waals surface area contributed by atoms with Crippen LogP contribution in [0, 0.1) is 0 Å². The molecule has 0 aliphatic heterocycles. The first-order chi connectivity index (χ1) is 6.24. The van der Waals surface area contributed by atoms with Gasteiger partial charge in [-0.05, 0) is 12.1 Å². The van der Waals surface area contributed by atoms with Crippen molar-refractivity contribution in [1.82, 2.24) is 5.48 Å². The van der Waals surface area contributed by atoms with E-state index in [1.165, 1.54) is 0 Å². The molecule has 0 aliphatic rings. The zero-order chi connectivity index (χ0) is 9.68. The van der Waals surface area contributed by atoms with Crippen LogP contribution in [0.2, 0.25) is 0 Å². The van der Waals surface area contributed by atoms with E-state index in [4.69, 9.17) is 10.9 Å². The average molecular weight is 179 g/mol. The van der Waals surface area contributed by atoms with Gasteiger partial charge in [0, 0.05) is 0 Å². The third-order valence-electron chi connectivity index (χ3n) is 1.34. The lowest BCUT2D eigenvalue weighted by molar-refractivity contribution is -0.112. The van der Waals surface area contributed by atoms with E-state index in [9.17, 15) is 4.79 Å².